The second-order valence-corrected chi connectivity index (χ2v) is 5.51. The van der Waals surface area contributed by atoms with Crippen molar-refractivity contribution < 1.29 is 14.7 Å². The van der Waals surface area contributed by atoms with E-state index in [1.165, 1.54) is 0 Å². The molecule has 118 valence electrons. The van der Waals surface area contributed by atoms with Crippen LogP contribution >= 0.6 is 0 Å². The molecule has 1 aromatic rings. The van der Waals surface area contributed by atoms with Crippen LogP contribution < -0.4 is 0 Å². The van der Waals surface area contributed by atoms with E-state index in [0.29, 0.717) is 18.8 Å². The summed E-state index contributed by atoms with van der Waals surface area (Å²) in [7, 11) is 0. The maximum atomic E-state index is 12.6. The van der Waals surface area contributed by atoms with Gasteiger partial charge in [-0.25, -0.2) is 0 Å². The standard InChI is InChI=1S/C15H25N3O3/c1-6-17(9-11(5)15(20)21)14(19)13-8-12(10(3)4)16-18(13)7-2/h8,10-11H,6-7,9H2,1-5H3,(H,20,21). The van der Waals surface area contributed by atoms with Gasteiger partial charge in [-0.3, -0.25) is 14.3 Å². The Hall–Kier alpha value is -1.85. The average molecular weight is 295 g/mol. The summed E-state index contributed by atoms with van der Waals surface area (Å²) in [6.07, 6.45) is 0. The largest absolute Gasteiger partial charge is 0.481 e. The monoisotopic (exact) mass is 295 g/mol. The summed E-state index contributed by atoms with van der Waals surface area (Å²) in [5.74, 6) is -1.39. The highest BCUT2D eigenvalue weighted by atomic mass is 16.4. The van der Waals surface area contributed by atoms with E-state index in [2.05, 4.69) is 5.10 Å². The van der Waals surface area contributed by atoms with Gasteiger partial charge in [0.1, 0.15) is 5.69 Å². The number of aryl methyl sites for hydroxylation is 1. The Morgan fingerprint density at radius 1 is 1.33 bits per heavy atom. The molecule has 1 rings (SSSR count). The molecule has 0 aliphatic rings. The lowest BCUT2D eigenvalue weighted by Gasteiger charge is -2.23. The molecule has 0 saturated carbocycles. The molecule has 1 amide bonds. The molecule has 0 aromatic carbocycles. The molecule has 0 saturated heterocycles. The first kappa shape index (κ1) is 17.2. The van der Waals surface area contributed by atoms with E-state index < -0.39 is 11.9 Å². The molecule has 0 radical (unpaired) electrons. The minimum Gasteiger partial charge on any atom is -0.481 e. The van der Waals surface area contributed by atoms with E-state index in [0.717, 1.165) is 5.69 Å². The highest BCUT2D eigenvalue weighted by Gasteiger charge is 2.24. The van der Waals surface area contributed by atoms with Crippen LogP contribution in [-0.2, 0) is 11.3 Å². The Balaban J connectivity index is 3.01. The molecule has 0 aliphatic carbocycles. The maximum Gasteiger partial charge on any atom is 0.308 e. The van der Waals surface area contributed by atoms with Crippen molar-refractivity contribution in [3.05, 3.63) is 17.5 Å². The fourth-order valence-electron chi connectivity index (χ4n) is 2.06. The molecular weight excluding hydrogens is 270 g/mol. The van der Waals surface area contributed by atoms with Crippen molar-refractivity contribution in [3.63, 3.8) is 0 Å². The summed E-state index contributed by atoms with van der Waals surface area (Å²) in [4.78, 5) is 25.2. The van der Waals surface area contributed by atoms with Gasteiger partial charge in [-0.05, 0) is 25.8 Å². The molecule has 6 nitrogen and oxygen atoms in total. The van der Waals surface area contributed by atoms with Crippen LogP contribution in [0.3, 0.4) is 0 Å². The van der Waals surface area contributed by atoms with Gasteiger partial charge in [0.2, 0.25) is 0 Å². The number of hydrogen-bond donors (Lipinski definition) is 1. The van der Waals surface area contributed by atoms with Gasteiger partial charge in [0.05, 0.1) is 11.6 Å². The van der Waals surface area contributed by atoms with Crippen molar-refractivity contribution in [2.75, 3.05) is 13.1 Å². The van der Waals surface area contributed by atoms with Crippen molar-refractivity contribution in [1.82, 2.24) is 14.7 Å². The fourth-order valence-corrected chi connectivity index (χ4v) is 2.06. The van der Waals surface area contributed by atoms with Gasteiger partial charge < -0.3 is 10.0 Å². The average Bonchev–Trinajstić information content (AvgIpc) is 2.87. The van der Waals surface area contributed by atoms with E-state index in [9.17, 15) is 9.59 Å². The van der Waals surface area contributed by atoms with Crippen molar-refractivity contribution in [1.29, 1.82) is 0 Å². The molecule has 1 aromatic heterocycles. The number of aliphatic carboxylic acids is 1. The highest BCUT2D eigenvalue weighted by molar-refractivity contribution is 5.93. The molecule has 0 fully saturated rings. The number of rotatable bonds is 7. The van der Waals surface area contributed by atoms with Crippen molar-refractivity contribution >= 4 is 11.9 Å². The van der Waals surface area contributed by atoms with Gasteiger partial charge in [0.25, 0.3) is 5.91 Å². The molecule has 0 spiro atoms. The van der Waals surface area contributed by atoms with Gasteiger partial charge in [-0.15, -0.1) is 0 Å². The van der Waals surface area contributed by atoms with Gasteiger partial charge in [0, 0.05) is 19.6 Å². The molecule has 1 atom stereocenters. The molecular formula is C15H25N3O3. The number of carbonyl (C=O) groups is 2. The lowest BCUT2D eigenvalue weighted by molar-refractivity contribution is -0.141. The van der Waals surface area contributed by atoms with E-state index in [-0.39, 0.29) is 18.4 Å². The summed E-state index contributed by atoms with van der Waals surface area (Å²) in [6.45, 7) is 10.7. The van der Waals surface area contributed by atoms with Crippen LogP contribution in [0.2, 0.25) is 0 Å². The number of amides is 1. The number of carboxylic acid groups (broad SMARTS) is 1. The second kappa shape index (κ2) is 7.24. The van der Waals surface area contributed by atoms with Crippen LogP contribution in [0.4, 0.5) is 0 Å². The quantitative estimate of drug-likeness (QED) is 0.836. The van der Waals surface area contributed by atoms with Crippen LogP contribution in [0.1, 0.15) is 56.7 Å². The number of carbonyl (C=O) groups excluding carboxylic acids is 1. The summed E-state index contributed by atoms with van der Waals surface area (Å²) in [5.41, 5.74) is 1.41. The molecule has 1 heterocycles. The summed E-state index contributed by atoms with van der Waals surface area (Å²) >= 11 is 0. The third kappa shape index (κ3) is 4.06. The molecule has 1 N–H and O–H groups in total. The van der Waals surface area contributed by atoms with Gasteiger partial charge in [-0.1, -0.05) is 20.8 Å². The summed E-state index contributed by atoms with van der Waals surface area (Å²) < 4.78 is 1.69. The first-order valence-electron chi connectivity index (χ1n) is 7.41. The molecule has 1 unspecified atom stereocenters. The smallest absolute Gasteiger partial charge is 0.308 e. The zero-order valence-corrected chi connectivity index (χ0v) is 13.5. The lowest BCUT2D eigenvalue weighted by atomic mass is 10.1. The van der Waals surface area contributed by atoms with E-state index in [1.54, 1.807) is 16.5 Å². The fraction of sp³-hybridized carbons (Fsp3) is 0.667. The van der Waals surface area contributed by atoms with Crippen molar-refractivity contribution in [3.8, 4) is 0 Å². The molecule has 0 aliphatic heterocycles. The normalized spacial score (nSPS) is 12.5. The zero-order valence-electron chi connectivity index (χ0n) is 13.5. The first-order chi connectivity index (χ1) is 9.81. The number of nitrogens with zero attached hydrogens (tertiary/aromatic N) is 3. The van der Waals surface area contributed by atoms with Gasteiger partial charge >= 0.3 is 5.97 Å². The van der Waals surface area contributed by atoms with Crippen LogP contribution in [0.15, 0.2) is 6.07 Å². The SMILES string of the molecule is CCN(CC(C)C(=O)O)C(=O)c1cc(C(C)C)nn1CC. The van der Waals surface area contributed by atoms with Crippen LogP contribution in [-0.4, -0.2) is 44.8 Å². The molecule has 6 heteroatoms. The molecule has 21 heavy (non-hydrogen) atoms. The Kier molecular flexibility index (Phi) is 5.93. The summed E-state index contributed by atoms with van der Waals surface area (Å²) in [5, 5.41) is 13.4. The predicted octanol–water partition coefficient (Wildman–Crippen LogP) is 2.21. The predicted molar refractivity (Wildman–Crippen MR) is 80.4 cm³/mol. The lowest BCUT2D eigenvalue weighted by Crippen LogP contribution is -2.37. The van der Waals surface area contributed by atoms with E-state index >= 15 is 0 Å². The first-order valence-corrected chi connectivity index (χ1v) is 7.41. The van der Waals surface area contributed by atoms with Crippen LogP contribution in [0.25, 0.3) is 0 Å². The zero-order chi connectivity index (χ0) is 16.2. The van der Waals surface area contributed by atoms with E-state index in [4.69, 9.17) is 5.11 Å². The Bertz CT molecular complexity index is 508. The number of carboxylic acids is 1. The minimum atomic E-state index is -0.895. The highest BCUT2D eigenvalue weighted by Crippen LogP contribution is 2.16. The van der Waals surface area contributed by atoms with E-state index in [1.807, 2.05) is 33.8 Å². The molecule has 0 bridgehead atoms. The van der Waals surface area contributed by atoms with Crippen molar-refractivity contribution in [2.24, 2.45) is 5.92 Å². The minimum absolute atomic E-state index is 0.160. The van der Waals surface area contributed by atoms with Crippen LogP contribution in [0, 0.1) is 5.92 Å². The maximum absolute atomic E-state index is 12.6. The summed E-state index contributed by atoms with van der Waals surface area (Å²) in [6, 6.07) is 1.81. The van der Waals surface area contributed by atoms with Crippen LogP contribution in [0.5, 0.6) is 0 Å². The topological polar surface area (TPSA) is 75.4 Å². The Morgan fingerprint density at radius 2 is 1.95 bits per heavy atom. The Morgan fingerprint density at radius 3 is 2.38 bits per heavy atom. The number of aromatic nitrogens is 2. The van der Waals surface area contributed by atoms with Gasteiger partial charge in [-0.2, -0.15) is 5.10 Å². The second-order valence-electron chi connectivity index (χ2n) is 5.51. The third-order valence-corrected chi connectivity index (χ3v) is 3.49. The number of hydrogen-bond acceptors (Lipinski definition) is 3. The Labute approximate surface area is 125 Å². The van der Waals surface area contributed by atoms with Gasteiger partial charge in [0.15, 0.2) is 0 Å². The van der Waals surface area contributed by atoms with Crippen molar-refractivity contribution in [2.45, 2.75) is 47.1 Å². The third-order valence-electron chi connectivity index (χ3n) is 3.49.